The summed E-state index contributed by atoms with van der Waals surface area (Å²) in [7, 11) is 0. The average Bonchev–Trinajstić information content (AvgIpc) is 2.84. The Kier molecular flexibility index (Phi) is 5.05. The van der Waals surface area contributed by atoms with Crippen molar-refractivity contribution in [1.29, 1.82) is 0 Å². The van der Waals surface area contributed by atoms with Gasteiger partial charge >= 0.3 is 0 Å². The van der Waals surface area contributed by atoms with Gasteiger partial charge < -0.3 is 4.90 Å². The molecule has 5 heteroatoms. The van der Waals surface area contributed by atoms with Crippen molar-refractivity contribution >= 4 is 38.7 Å². The third-order valence-corrected chi connectivity index (χ3v) is 4.69. The third-order valence-electron chi connectivity index (χ3n) is 3.21. The van der Waals surface area contributed by atoms with E-state index in [-0.39, 0.29) is 17.1 Å². The van der Waals surface area contributed by atoms with Crippen LogP contribution in [0.4, 0.5) is 0 Å². The molecule has 0 N–H and O–H groups in total. The van der Waals surface area contributed by atoms with E-state index in [1.54, 1.807) is 6.92 Å². The summed E-state index contributed by atoms with van der Waals surface area (Å²) in [6.45, 7) is 2.36. The normalized spacial score (nSPS) is 18.6. The van der Waals surface area contributed by atoms with Gasteiger partial charge in [0.05, 0.1) is 0 Å². The van der Waals surface area contributed by atoms with Crippen molar-refractivity contribution in [2.45, 2.75) is 25.8 Å². The number of hydrogen-bond acceptors (Lipinski definition) is 3. The molecule has 0 bridgehead atoms. The molecule has 19 heavy (non-hydrogen) atoms. The number of thioether (sulfide) groups is 1. The van der Waals surface area contributed by atoms with E-state index in [4.69, 9.17) is 0 Å². The zero-order valence-electron chi connectivity index (χ0n) is 10.8. The van der Waals surface area contributed by atoms with E-state index in [1.165, 1.54) is 11.8 Å². The number of hydrogen-bond donors (Lipinski definition) is 0. The Morgan fingerprint density at radius 3 is 2.68 bits per heavy atom. The molecular weight excluding hydrogens is 326 g/mol. The van der Waals surface area contributed by atoms with Crippen molar-refractivity contribution in [3.05, 3.63) is 34.3 Å². The molecule has 0 aromatic heterocycles. The fraction of sp³-hybridized carbons (Fsp3) is 0.429. The molecule has 0 saturated carbocycles. The lowest BCUT2D eigenvalue weighted by Gasteiger charge is -2.24. The molecule has 1 fully saturated rings. The zero-order chi connectivity index (χ0) is 13.8. The van der Waals surface area contributed by atoms with Crippen molar-refractivity contribution in [2.75, 3.05) is 12.3 Å². The van der Waals surface area contributed by atoms with Gasteiger partial charge in [0.1, 0.15) is 0 Å². The van der Waals surface area contributed by atoms with Crippen LogP contribution in [0, 0.1) is 0 Å². The standard InChI is InChI=1S/C14H16BrNO2S/c1-10(17)19-9-13-3-2-8-16(13)14(18)11-4-6-12(15)7-5-11/h4-7,13H,2-3,8-9H2,1H3/t13-/m0/s1. The highest BCUT2D eigenvalue weighted by Gasteiger charge is 2.29. The lowest BCUT2D eigenvalue weighted by Crippen LogP contribution is -2.37. The Hall–Kier alpha value is -0.810. The number of carbonyl (C=O) groups excluding carboxylic acids is 2. The lowest BCUT2D eigenvalue weighted by molar-refractivity contribution is -0.109. The highest BCUT2D eigenvalue weighted by atomic mass is 79.9. The molecule has 0 spiro atoms. The van der Waals surface area contributed by atoms with Crippen LogP contribution in [-0.2, 0) is 4.79 Å². The van der Waals surface area contributed by atoms with Gasteiger partial charge in [-0.05, 0) is 37.1 Å². The van der Waals surface area contributed by atoms with E-state index >= 15 is 0 Å². The largest absolute Gasteiger partial charge is 0.335 e. The maximum atomic E-state index is 12.4. The number of amides is 1. The average molecular weight is 342 g/mol. The summed E-state index contributed by atoms with van der Waals surface area (Å²) in [4.78, 5) is 25.4. The Bertz CT molecular complexity index is 475. The van der Waals surface area contributed by atoms with E-state index in [0.717, 1.165) is 23.9 Å². The van der Waals surface area contributed by atoms with Crippen LogP contribution < -0.4 is 0 Å². The first-order valence-corrected chi connectivity index (χ1v) is 8.05. The molecule has 1 heterocycles. The van der Waals surface area contributed by atoms with Crippen molar-refractivity contribution < 1.29 is 9.59 Å². The van der Waals surface area contributed by atoms with Gasteiger partial charge in [-0.3, -0.25) is 9.59 Å². The van der Waals surface area contributed by atoms with Gasteiger partial charge in [0.15, 0.2) is 5.12 Å². The van der Waals surface area contributed by atoms with E-state index < -0.39 is 0 Å². The second kappa shape index (κ2) is 6.57. The van der Waals surface area contributed by atoms with Gasteiger partial charge in [-0.25, -0.2) is 0 Å². The van der Waals surface area contributed by atoms with E-state index in [2.05, 4.69) is 15.9 Å². The molecule has 0 aliphatic carbocycles. The van der Waals surface area contributed by atoms with Crippen LogP contribution in [0.25, 0.3) is 0 Å². The SMILES string of the molecule is CC(=O)SC[C@@H]1CCCN1C(=O)c1ccc(Br)cc1. The summed E-state index contributed by atoms with van der Waals surface area (Å²) in [5, 5.41) is 0.114. The summed E-state index contributed by atoms with van der Waals surface area (Å²) in [6, 6.07) is 7.61. The Morgan fingerprint density at radius 2 is 2.05 bits per heavy atom. The second-order valence-electron chi connectivity index (χ2n) is 4.60. The number of rotatable bonds is 3. The van der Waals surface area contributed by atoms with Crippen LogP contribution in [0.2, 0.25) is 0 Å². The molecule has 1 atom stereocenters. The van der Waals surface area contributed by atoms with Gasteiger partial charge in [-0.15, -0.1) is 0 Å². The smallest absolute Gasteiger partial charge is 0.254 e. The summed E-state index contributed by atoms with van der Waals surface area (Å²) in [6.07, 6.45) is 2.01. The fourth-order valence-corrected chi connectivity index (χ4v) is 3.29. The van der Waals surface area contributed by atoms with Crippen LogP contribution in [-0.4, -0.2) is 34.3 Å². The molecule has 1 aliphatic rings. The molecule has 1 amide bonds. The second-order valence-corrected chi connectivity index (χ2v) is 6.72. The number of carbonyl (C=O) groups is 2. The van der Waals surface area contributed by atoms with Gasteiger partial charge in [0.2, 0.25) is 0 Å². The van der Waals surface area contributed by atoms with Gasteiger partial charge in [0, 0.05) is 35.3 Å². The monoisotopic (exact) mass is 341 g/mol. The molecule has 1 aromatic carbocycles. The van der Waals surface area contributed by atoms with E-state index in [9.17, 15) is 9.59 Å². The summed E-state index contributed by atoms with van der Waals surface area (Å²) in [5.41, 5.74) is 0.711. The number of nitrogens with zero attached hydrogens (tertiary/aromatic N) is 1. The van der Waals surface area contributed by atoms with Crippen LogP contribution >= 0.6 is 27.7 Å². The van der Waals surface area contributed by atoms with Crippen molar-refractivity contribution in [3.63, 3.8) is 0 Å². The minimum Gasteiger partial charge on any atom is -0.335 e. The maximum Gasteiger partial charge on any atom is 0.254 e. The van der Waals surface area contributed by atoms with E-state index in [0.29, 0.717) is 11.3 Å². The summed E-state index contributed by atoms with van der Waals surface area (Å²) < 4.78 is 0.967. The van der Waals surface area contributed by atoms with Gasteiger partial charge in [-0.2, -0.15) is 0 Å². The number of halogens is 1. The van der Waals surface area contributed by atoms with Crippen LogP contribution in [0.5, 0.6) is 0 Å². The highest BCUT2D eigenvalue weighted by molar-refractivity contribution is 9.10. The lowest BCUT2D eigenvalue weighted by atomic mass is 10.2. The molecule has 3 nitrogen and oxygen atoms in total. The first-order chi connectivity index (χ1) is 9.08. The van der Waals surface area contributed by atoms with Crippen molar-refractivity contribution in [1.82, 2.24) is 4.90 Å². The molecule has 1 saturated heterocycles. The maximum absolute atomic E-state index is 12.4. The topological polar surface area (TPSA) is 37.4 Å². The molecule has 0 unspecified atom stereocenters. The predicted molar refractivity (Wildman–Crippen MR) is 81.3 cm³/mol. The molecule has 1 aromatic rings. The Labute approximate surface area is 125 Å². The van der Waals surface area contributed by atoms with E-state index in [1.807, 2.05) is 29.2 Å². The third kappa shape index (κ3) is 3.83. The summed E-state index contributed by atoms with van der Waals surface area (Å²) >= 11 is 4.67. The van der Waals surface area contributed by atoms with Gasteiger partial charge in [-0.1, -0.05) is 27.7 Å². The minimum absolute atomic E-state index is 0.0687. The van der Waals surface area contributed by atoms with Crippen molar-refractivity contribution in [3.8, 4) is 0 Å². The predicted octanol–water partition coefficient (Wildman–Crippen LogP) is 3.33. The number of likely N-dealkylation sites (tertiary alicyclic amines) is 1. The highest BCUT2D eigenvalue weighted by Crippen LogP contribution is 2.24. The van der Waals surface area contributed by atoms with Crippen molar-refractivity contribution in [2.24, 2.45) is 0 Å². The van der Waals surface area contributed by atoms with Gasteiger partial charge in [0.25, 0.3) is 5.91 Å². The van der Waals surface area contributed by atoms with Crippen LogP contribution in [0.3, 0.4) is 0 Å². The molecule has 0 radical (unpaired) electrons. The quantitative estimate of drug-likeness (QED) is 0.846. The van der Waals surface area contributed by atoms with Crippen LogP contribution in [0.1, 0.15) is 30.1 Å². The Morgan fingerprint density at radius 1 is 1.37 bits per heavy atom. The molecular formula is C14H16BrNO2S. The van der Waals surface area contributed by atoms with Crippen LogP contribution in [0.15, 0.2) is 28.7 Å². The first-order valence-electron chi connectivity index (χ1n) is 6.28. The zero-order valence-corrected chi connectivity index (χ0v) is 13.2. The first kappa shape index (κ1) is 14.6. The molecule has 102 valence electrons. The minimum atomic E-state index is 0.0687. The molecule has 1 aliphatic heterocycles. The number of benzene rings is 1. The fourth-order valence-electron chi connectivity index (χ4n) is 2.25. The molecule has 2 rings (SSSR count). The summed E-state index contributed by atoms with van der Waals surface area (Å²) in [5.74, 6) is 0.775. The Balaban J connectivity index is 2.04.